The standard InChI is InChI=1S/C17H20Cl2FN5OS/c18-15(19)16(26)21-5-6-24-7-9-25(10-8-24)17-22-14(23-27-17)11-12-1-3-13(20)4-2-12/h1-4,15H,5-11H2,(H,21,26). The average Bonchev–Trinajstić information content (AvgIpc) is 3.12. The molecule has 0 bridgehead atoms. The van der Waals surface area contributed by atoms with Crippen molar-refractivity contribution in [3.8, 4) is 0 Å². The fraction of sp³-hybridized carbons (Fsp3) is 0.471. The Labute approximate surface area is 171 Å². The third-order valence-corrected chi connectivity index (χ3v) is 5.51. The molecule has 1 aromatic heterocycles. The van der Waals surface area contributed by atoms with Gasteiger partial charge in [-0.15, -0.1) is 0 Å². The van der Waals surface area contributed by atoms with Crippen molar-refractivity contribution >= 4 is 45.8 Å². The minimum Gasteiger partial charge on any atom is -0.352 e. The molecule has 0 atom stereocenters. The minimum absolute atomic E-state index is 0.242. The molecule has 1 fully saturated rings. The van der Waals surface area contributed by atoms with Crippen LogP contribution in [0.2, 0.25) is 0 Å². The van der Waals surface area contributed by atoms with Gasteiger partial charge in [-0.3, -0.25) is 9.69 Å². The number of amides is 1. The van der Waals surface area contributed by atoms with Crippen LogP contribution < -0.4 is 10.2 Å². The number of anilines is 1. The van der Waals surface area contributed by atoms with Gasteiger partial charge in [-0.25, -0.2) is 9.37 Å². The van der Waals surface area contributed by atoms with Crippen LogP contribution in [0.1, 0.15) is 11.4 Å². The zero-order valence-corrected chi connectivity index (χ0v) is 16.9. The van der Waals surface area contributed by atoms with E-state index in [4.69, 9.17) is 23.2 Å². The molecule has 1 aliphatic rings. The Bertz CT molecular complexity index is 750. The lowest BCUT2D eigenvalue weighted by molar-refractivity contribution is -0.119. The quantitative estimate of drug-likeness (QED) is 0.681. The Kier molecular flexibility index (Phi) is 7.23. The third-order valence-electron chi connectivity index (χ3n) is 4.30. The van der Waals surface area contributed by atoms with Crippen LogP contribution in [0, 0.1) is 5.82 Å². The first-order valence-electron chi connectivity index (χ1n) is 8.61. The molecule has 1 saturated heterocycles. The lowest BCUT2D eigenvalue weighted by atomic mass is 10.1. The highest BCUT2D eigenvalue weighted by Crippen LogP contribution is 2.20. The molecule has 1 N–H and O–H groups in total. The van der Waals surface area contributed by atoms with Gasteiger partial charge in [0.15, 0.2) is 4.84 Å². The van der Waals surface area contributed by atoms with Crippen LogP contribution in [0.25, 0.3) is 0 Å². The Morgan fingerprint density at radius 1 is 1.22 bits per heavy atom. The first kappa shape index (κ1) is 20.3. The number of nitrogens with one attached hydrogen (secondary N) is 1. The number of piperazine rings is 1. The molecule has 10 heteroatoms. The molecule has 0 aliphatic carbocycles. The molecule has 2 heterocycles. The summed E-state index contributed by atoms with van der Waals surface area (Å²) in [5, 5.41) is 3.61. The van der Waals surface area contributed by atoms with Crippen molar-refractivity contribution in [2.45, 2.75) is 11.3 Å². The van der Waals surface area contributed by atoms with Gasteiger partial charge in [-0.2, -0.15) is 4.37 Å². The van der Waals surface area contributed by atoms with Crippen molar-refractivity contribution in [2.24, 2.45) is 0 Å². The summed E-state index contributed by atoms with van der Waals surface area (Å²) in [6, 6.07) is 6.41. The van der Waals surface area contributed by atoms with Gasteiger partial charge in [0.2, 0.25) is 5.13 Å². The van der Waals surface area contributed by atoms with Crippen molar-refractivity contribution in [3.63, 3.8) is 0 Å². The molecular formula is C17H20Cl2FN5OS. The molecular weight excluding hydrogens is 412 g/mol. The lowest BCUT2D eigenvalue weighted by Crippen LogP contribution is -2.48. The summed E-state index contributed by atoms with van der Waals surface area (Å²) < 4.78 is 17.4. The Morgan fingerprint density at radius 2 is 1.93 bits per heavy atom. The fourth-order valence-electron chi connectivity index (χ4n) is 2.81. The summed E-state index contributed by atoms with van der Waals surface area (Å²) in [6.07, 6.45) is 0.596. The van der Waals surface area contributed by atoms with E-state index >= 15 is 0 Å². The monoisotopic (exact) mass is 431 g/mol. The molecule has 3 rings (SSSR count). The van der Waals surface area contributed by atoms with Crippen LogP contribution in [0.3, 0.4) is 0 Å². The predicted molar refractivity (Wildman–Crippen MR) is 106 cm³/mol. The van der Waals surface area contributed by atoms with Crippen LogP contribution in [0.15, 0.2) is 24.3 Å². The van der Waals surface area contributed by atoms with Crippen molar-refractivity contribution < 1.29 is 9.18 Å². The number of rotatable bonds is 7. The summed E-state index contributed by atoms with van der Waals surface area (Å²) in [4.78, 5) is 19.4. The maximum absolute atomic E-state index is 13.0. The molecule has 1 amide bonds. The van der Waals surface area contributed by atoms with Crippen LogP contribution in [-0.4, -0.2) is 64.3 Å². The second kappa shape index (κ2) is 9.64. The van der Waals surface area contributed by atoms with E-state index < -0.39 is 4.84 Å². The molecule has 6 nitrogen and oxygen atoms in total. The van der Waals surface area contributed by atoms with Gasteiger partial charge in [-0.05, 0) is 17.7 Å². The van der Waals surface area contributed by atoms with E-state index in [1.165, 1.54) is 23.7 Å². The molecule has 0 spiro atoms. The summed E-state index contributed by atoms with van der Waals surface area (Å²) in [5.74, 6) is 0.149. The number of carbonyl (C=O) groups excluding carboxylic acids is 1. The van der Waals surface area contributed by atoms with Crippen LogP contribution in [-0.2, 0) is 11.2 Å². The van der Waals surface area contributed by atoms with E-state index in [0.29, 0.717) is 13.0 Å². The zero-order chi connectivity index (χ0) is 19.2. The maximum Gasteiger partial charge on any atom is 0.253 e. The third kappa shape index (κ3) is 6.00. The average molecular weight is 432 g/mol. The highest BCUT2D eigenvalue weighted by molar-refractivity contribution is 7.09. The van der Waals surface area contributed by atoms with E-state index in [0.717, 1.165) is 49.2 Å². The van der Waals surface area contributed by atoms with Gasteiger partial charge < -0.3 is 10.2 Å². The molecule has 0 unspecified atom stereocenters. The second-order valence-corrected chi connectivity index (χ2v) is 8.04. The predicted octanol–water partition coefficient (Wildman–Crippen LogP) is 2.31. The largest absolute Gasteiger partial charge is 0.352 e. The molecule has 27 heavy (non-hydrogen) atoms. The fourth-order valence-corrected chi connectivity index (χ4v) is 3.70. The van der Waals surface area contributed by atoms with Crippen LogP contribution >= 0.6 is 34.7 Å². The number of aromatic nitrogens is 2. The summed E-state index contributed by atoms with van der Waals surface area (Å²) in [7, 11) is 0. The Hall–Kier alpha value is -1.48. The molecule has 146 valence electrons. The normalized spacial score (nSPS) is 15.3. The zero-order valence-electron chi connectivity index (χ0n) is 14.6. The van der Waals surface area contributed by atoms with Gasteiger partial charge in [0.25, 0.3) is 5.91 Å². The van der Waals surface area contributed by atoms with Crippen molar-refractivity contribution in [3.05, 3.63) is 41.5 Å². The molecule has 1 aliphatic heterocycles. The number of carbonyl (C=O) groups is 1. The summed E-state index contributed by atoms with van der Waals surface area (Å²) in [6.45, 7) is 4.75. The van der Waals surface area contributed by atoms with E-state index in [9.17, 15) is 9.18 Å². The molecule has 1 aromatic carbocycles. The van der Waals surface area contributed by atoms with Gasteiger partial charge in [0.05, 0.1) is 0 Å². The van der Waals surface area contributed by atoms with E-state index in [1.54, 1.807) is 12.1 Å². The first-order valence-corrected chi connectivity index (χ1v) is 10.3. The van der Waals surface area contributed by atoms with Crippen molar-refractivity contribution in [1.29, 1.82) is 0 Å². The van der Waals surface area contributed by atoms with Gasteiger partial charge >= 0.3 is 0 Å². The van der Waals surface area contributed by atoms with E-state index in [-0.39, 0.29) is 11.7 Å². The summed E-state index contributed by atoms with van der Waals surface area (Å²) in [5.41, 5.74) is 0.990. The van der Waals surface area contributed by atoms with Gasteiger partial charge in [0.1, 0.15) is 11.6 Å². The lowest BCUT2D eigenvalue weighted by Gasteiger charge is -2.34. The highest BCUT2D eigenvalue weighted by Gasteiger charge is 2.20. The number of hydrogen-bond donors (Lipinski definition) is 1. The van der Waals surface area contributed by atoms with Crippen molar-refractivity contribution in [1.82, 2.24) is 19.6 Å². The minimum atomic E-state index is -1.02. The highest BCUT2D eigenvalue weighted by atomic mass is 35.5. The number of hydrogen-bond acceptors (Lipinski definition) is 6. The van der Waals surface area contributed by atoms with Crippen LogP contribution in [0.4, 0.5) is 9.52 Å². The SMILES string of the molecule is O=C(NCCN1CCN(c2nc(Cc3ccc(F)cc3)ns2)CC1)C(Cl)Cl. The maximum atomic E-state index is 13.0. The second-order valence-electron chi connectivity index (χ2n) is 6.22. The molecule has 2 aromatic rings. The molecule has 0 saturated carbocycles. The van der Waals surface area contributed by atoms with Gasteiger partial charge in [0, 0.05) is 57.2 Å². The first-order chi connectivity index (χ1) is 13.0. The number of nitrogens with zero attached hydrogens (tertiary/aromatic N) is 4. The number of alkyl halides is 2. The topological polar surface area (TPSA) is 61.4 Å². The molecule has 0 radical (unpaired) electrons. The number of halogens is 3. The Balaban J connectivity index is 1.44. The van der Waals surface area contributed by atoms with Gasteiger partial charge in [-0.1, -0.05) is 35.3 Å². The van der Waals surface area contributed by atoms with E-state index in [2.05, 4.69) is 24.5 Å². The van der Waals surface area contributed by atoms with Crippen LogP contribution in [0.5, 0.6) is 0 Å². The Morgan fingerprint density at radius 3 is 2.59 bits per heavy atom. The number of benzene rings is 1. The summed E-state index contributed by atoms with van der Waals surface area (Å²) >= 11 is 12.4. The van der Waals surface area contributed by atoms with E-state index in [1.807, 2.05) is 0 Å². The van der Waals surface area contributed by atoms with Crippen molar-refractivity contribution in [2.75, 3.05) is 44.2 Å². The smallest absolute Gasteiger partial charge is 0.253 e.